The number of rotatable bonds is 2. The summed E-state index contributed by atoms with van der Waals surface area (Å²) in [4.78, 5) is 0.272. The zero-order valence-electron chi connectivity index (χ0n) is 9.80. The van der Waals surface area contributed by atoms with Gasteiger partial charge in [0.1, 0.15) is 0 Å². The van der Waals surface area contributed by atoms with Gasteiger partial charge in [-0.15, -0.1) is 4.52 Å². The Morgan fingerprint density at radius 1 is 0.895 bits per heavy atom. The highest BCUT2D eigenvalue weighted by molar-refractivity contribution is 8.76. The summed E-state index contributed by atoms with van der Waals surface area (Å²) in [6.45, 7) is 0. The summed E-state index contributed by atoms with van der Waals surface area (Å²) in [5.41, 5.74) is 0. The minimum atomic E-state index is -3.53. The molecule has 0 aliphatic carbocycles. The number of hydrogen-bond acceptors (Lipinski definition) is 4. The van der Waals surface area contributed by atoms with Gasteiger partial charge in [-0.05, 0) is 18.2 Å². The molecule has 96 valence electrons. The van der Waals surface area contributed by atoms with Gasteiger partial charge in [-0.2, -0.15) is 5.11 Å². The zero-order chi connectivity index (χ0) is 13.3. The third-order valence-electron chi connectivity index (χ3n) is 2.66. The molecule has 0 saturated carbocycles. The minimum Gasteiger partial charge on any atom is -0.211 e. The fraction of sp³-hybridized carbons (Fsp3) is 0. The van der Waals surface area contributed by atoms with Gasteiger partial charge >= 0.3 is 0 Å². The molecule has 2 aromatic rings. The second-order valence-corrected chi connectivity index (χ2v) is 8.63. The Bertz CT molecular complexity index is 872. The van der Waals surface area contributed by atoms with E-state index in [0.717, 1.165) is 5.22 Å². The second kappa shape index (κ2) is 4.71. The lowest BCUT2D eigenvalue weighted by Crippen LogP contribution is -2.06. The Kier molecular flexibility index (Phi) is 3.04. The molecule has 4 nitrogen and oxygen atoms in total. The summed E-state index contributed by atoms with van der Waals surface area (Å²) in [7, 11) is -4.81. The van der Waals surface area contributed by atoms with Crippen LogP contribution in [0.15, 0.2) is 69.1 Å². The Morgan fingerprint density at radius 2 is 1.58 bits per heavy atom. The van der Waals surface area contributed by atoms with Crippen LogP contribution in [0.25, 0.3) is 6.20 Å². The van der Waals surface area contributed by atoms with Crippen LogP contribution in [0.1, 0.15) is 0 Å². The van der Waals surface area contributed by atoms with Crippen LogP contribution < -0.4 is 5.22 Å². The van der Waals surface area contributed by atoms with Gasteiger partial charge < -0.3 is 0 Å². The van der Waals surface area contributed by atoms with Crippen molar-refractivity contribution in [3.63, 3.8) is 0 Å². The van der Waals surface area contributed by atoms with Gasteiger partial charge in [0.15, 0.2) is 0 Å². The molecule has 0 amide bonds. The predicted molar refractivity (Wildman–Crippen MR) is 75.4 cm³/mol. The van der Waals surface area contributed by atoms with Gasteiger partial charge in [0, 0.05) is 9.73 Å². The summed E-state index contributed by atoms with van der Waals surface area (Å²) >= 11 is 0. The molecule has 1 aliphatic heterocycles. The van der Waals surface area contributed by atoms with E-state index in [1.807, 2.05) is 18.2 Å². The fourth-order valence-corrected chi connectivity index (χ4v) is 5.92. The highest BCUT2D eigenvalue weighted by Gasteiger charge is 2.21. The summed E-state index contributed by atoms with van der Waals surface area (Å²) < 4.78 is 29.8. The third-order valence-corrected chi connectivity index (χ3v) is 7.48. The van der Waals surface area contributed by atoms with Crippen molar-refractivity contribution in [3.8, 4) is 0 Å². The van der Waals surface area contributed by atoms with Crippen molar-refractivity contribution < 1.29 is 8.42 Å². The molecule has 0 aromatic heterocycles. The maximum atomic E-state index is 12.6. The van der Waals surface area contributed by atoms with Crippen LogP contribution in [-0.2, 0) is 8.87 Å². The standard InChI is InChI=1S/C13H10N2O2S2/c16-19(17,12-7-2-1-3-8-12)18-13-9-5-4-6-11(13)10-14-15-18/h1-10H. The number of benzene rings is 2. The quantitative estimate of drug-likeness (QED) is 0.630. The van der Waals surface area contributed by atoms with Crippen LogP contribution in [0.2, 0.25) is 0 Å². The molecule has 3 rings (SSSR count). The van der Waals surface area contributed by atoms with Crippen molar-refractivity contribution in [2.45, 2.75) is 4.90 Å². The van der Waals surface area contributed by atoms with Gasteiger partial charge in [-0.3, -0.25) is 0 Å². The van der Waals surface area contributed by atoms with E-state index >= 15 is 0 Å². The first kappa shape index (κ1) is 12.3. The largest absolute Gasteiger partial charge is 0.245 e. The second-order valence-electron chi connectivity index (χ2n) is 3.88. The van der Waals surface area contributed by atoms with Crippen LogP contribution in [0, 0.1) is 4.51 Å². The monoisotopic (exact) mass is 290 g/mol. The predicted octanol–water partition coefficient (Wildman–Crippen LogP) is 2.71. The molecular weight excluding hydrogens is 280 g/mol. The van der Waals surface area contributed by atoms with Gasteiger partial charge in [0.05, 0.1) is 20.8 Å². The summed E-state index contributed by atoms with van der Waals surface area (Å²) in [5.74, 6) is 0. The smallest absolute Gasteiger partial charge is 0.211 e. The fourth-order valence-electron chi connectivity index (χ4n) is 1.76. The lowest BCUT2D eigenvalue weighted by Gasteiger charge is -2.07. The van der Waals surface area contributed by atoms with E-state index in [4.69, 9.17) is 0 Å². The Labute approximate surface area is 112 Å². The number of nitrogens with zero attached hydrogens (tertiary/aromatic N) is 2. The van der Waals surface area contributed by atoms with Crippen molar-refractivity contribution in [1.82, 2.24) is 0 Å². The summed E-state index contributed by atoms with van der Waals surface area (Å²) in [6, 6.07) is 15.6. The highest BCUT2D eigenvalue weighted by atomic mass is 33.2. The molecule has 1 heterocycles. The number of hydrogen-bond donors (Lipinski definition) is 0. The first-order valence-corrected chi connectivity index (χ1v) is 8.76. The molecule has 0 bridgehead atoms. The van der Waals surface area contributed by atoms with E-state index < -0.39 is 18.6 Å². The molecule has 6 heteroatoms. The van der Waals surface area contributed by atoms with Crippen LogP contribution in [-0.4, -0.2) is 8.42 Å². The van der Waals surface area contributed by atoms with Crippen molar-refractivity contribution in [2.24, 2.45) is 9.63 Å². The average Bonchev–Trinajstić information content (AvgIpc) is 2.47. The molecule has 0 saturated heterocycles. The maximum Gasteiger partial charge on any atom is 0.245 e. The Hall–Kier alpha value is -1.79. The summed E-state index contributed by atoms with van der Waals surface area (Å²) in [5, 5.41) is 4.63. The highest BCUT2D eigenvalue weighted by Crippen LogP contribution is 2.34. The molecule has 0 radical (unpaired) electrons. The van der Waals surface area contributed by atoms with E-state index in [1.165, 1.54) is 0 Å². The van der Waals surface area contributed by atoms with Crippen LogP contribution >= 0.6 is 9.70 Å². The molecule has 0 N–H and O–H groups in total. The normalized spacial score (nSPS) is 17.6. The first-order valence-electron chi connectivity index (χ1n) is 5.58. The molecule has 1 aliphatic rings. The van der Waals surface area contributed by atoms with Crippen LogP contribution in [0.4, 0.5) is 0 Å². The lowest BCUT2D eigenvalue weighted by molar-refractivity contribution is 0.610. The van der Waals surface area contributed by atoms with E-state index in [0.29, 0.717) is 4.51 Å². The van der Waals surface area contributed by atoms with Crippen LogP contribution in [0.3, 0.4) is 0 Å². The van der Waals surface area contributed by atoms with Crippen molar-refractivity contribution >= 4 is 24.8 Å². The molecular formula is C13H10N2O2S2. The molecule has 19 heavy (non-hydrogen) atoms. The molecule has 1 unspecified atom stereocenters. The first-order chi connectivity index (χ1) is 9.19. The Balaban J connectivity index is 2.35. The molecule has 0 spiro atoms. The summed E-state index contributed by atoms with van der Waals surface area (Å²) in [6.07, 6.45) is 1.58. The Morgan fingerprint density at radius 3 is 2.37 bits per heavy atom. The number of fused-ring (bicyclic) bond motifs is 1. The third kappa shape index (κ3) is 2.13. The van der Waals surface area contributed by atoms with E-state index in [1.54, 1.807) is 42.6 Å². The average molecular weight is 290 g/mol. The molecule has 0 fully saturated rings. The van der Waals surface area contributed by atoms with Crippen molar-refractivity contribution in [1.29, 1.82) is 0 Å². The van der Waals surface area contributed by atoms with Gasteiger partial charge in [0.25, 0.3) is 0 Å². The molecule has 2 aromatic carbocycles. The van der Waals surface area contributed by atoms with Crippen molar-refractivity contribution in [3.05, 3.63) is 64.3 Å². The van der Waals surface area contributed by atoms with Gasteiger partial charge in [-0.25, -0.2) is 8.42 Å². The van der Waals surface area contributed by atoms with E-state index in [-0.39, 0.29) is 4.90 Å². The SMILES string of the molecule is O=S(=O)(c1ccccc1)S1=c2ccccc2=CN=N1. The maximum absolute atomic E-state index is 12.6. The van der Waals surface area contributed by atoms with Crippen molar-refractivity contribution in [2.75, 3.05) is 0 Å². The van der Waals surface area contributed by atoms with E-state index in [2.05, 4.69) is 9.63 Å². The minimum absolute atomic E-state index is 0.272. The lowest BCUT2D eigenvalue weighted by atomic mass is 10.3. The zero-order valence-corrected chi connectivity index (χ0v) is 11.4. The topological polar surface area (TPSA) is 58.9 Å². The molecule has 1 atom stereocenters. The van der Waals surface area contributed by atoms with E-state index in [9.17, 15) is 8.42 Å². The van der Waals surface area contributed by atoms with Crippen LogP contribution in [0.5, 0.6) is 0 Å². The van der Waals surface area contributed by atoms with Gasteiger partial charge in [0.2, 0.25) is 8.87 Å². The van der Waals surface area contributed by atoms with Gasteiger partial charge in [-0.1, -0.05) is 36.4 Å².